The average molecular weight is 677 g/mol. The van der Waals surface area contributed by atoms with Crippen LogP contribution in [-0.2, 0) is 6.11 Å². The maximum absolute atomic E-state index is 15.1. The van der Waals surface area contributed by atoms with E-state index in [-0.39, 0.29) is 34.2 Å². The molecule has 1 fully saturated rings. The lowest BCUT2D eigenvalue weighted by molar-refractivity contribution is -0.187. The van der Waals surface area contributed by atoms with Crippen molar-refractivity contribution in [1.82, 2.24) is 0 Å². The van der Waals surface area contributed by atoms with Gasteiger partial charge in [-0.15, -0.1) is 0 Å². The normalized spacial score (nSPS) is 16.5. The van der Waals surface area contributed by atoms with Gasteiger partial charge in [0.05, 0.1) is 11.1 Å². The van der Waals surface area contributed by atoms with Crippen LogP contribution in [0.5, 0.6) is 5.75 Å². The van der Waals surface area contributed by atoms with E-state index in [0.29, 0.717) is 29.7 Å². The van der Waals surface area contributed by atoms with Gasteiger partial charge in [0.25, 0.3) is 6.08 Å². The van der Waals surface area contributed by atoms with Gasteiger partial charge in [0.15, 0.2) is 0 Å². The van der Waals surface area contributed by atoms with Crippen molar-refractivity contribution in [1.29, 1.82) is 0 Å². The summed E-state index contributed by atoms with van der Waals surface area (Å²) in [6.45, 7) is 2.16. The van der Waals surface area contributed by atoms with E-state index in [2.05, 4.69) is 6.92 Å². The van der Waals surface area contributed by atoms with Crippen LogP contribution in [0.4, 0.5) is 39.5 Å². The number of rotatable bonds is 11. The summed E-state index contributed by atoms with van der Waals surface area (Å²) in [5.41, 5.74) is -2.15. The van der Waals surface area contributed by atoms with E-state index in [1.54, 1.807) is 0 Å². The van der Waals surface area contributed by atoms with Crippen molar-refractivity contribution in [3.8, 4) is 28.0 Å². The molecule has 1 saturated carbocycles. The molecule has 0 aromatic heterocycles. The van der Waals surface area contributed by atoms with E-state index in [9.17, 15) is 17.6 Å². The summed E-state index contributed by atoms with van der Waals surface area (Å²) in [6.07, 6.45) is 2.07. The molecule has 0 bridgehead atoms. The highest BCUT2D eigenvalue weighted by Crippen LogP contribution is 2.41. The summed E-state index contributed by atoms with van der Waals surface area (Å²) in [4.78, 5) is 0. The molecule has 0 heterocycles. The maximum Gasteiger partial charge on any atom is 0.429 e. The third-order valence-corrected chi connectivity index (χ3v) is 8.95. The first-order valence-corrected chi connectivity index (χ1v) is 15.8. The highest BCUT2D eigenvalue weighted by atomic mass is 19.3. The fourth-order valence-electron chi connectivity index (χ4n) is 6.39. The van der Waals surface area contributed by atoms with Gasteiger partial charge in [0, 0.05) is 23.3 Å². The van der Waals surface area contributed by atoms with E-state index < -0.39 is 58.2 Å². The van der Waals surface area contributed by atoms with Crippen molar-refractivity contribution >= 4 is 6.08 Å². The molecule has 0 unspecified atom stereocenters. The number of hydrogen-bond acceptors (Lipinski definition) is 1. The summed E-state index contributed by atoms with van der Waals surface area (Å²) in [7, 11) is 0. The van der Waals surface area contributed by atoms with Gasteiger partial charge in [-0.3, -0.25) is 0 Å². The van der Waals surface area contributed by atoms with Gasteiger partial charge < -0.3 is 4.74 Å². The molecule has 4 aromatic carbocycles. The van der Waals surface area contributed by atoms with E-state index in [0.717, 1.165) is 68.5 Å². The van der Waals surface area contributed by atoms with Crippen molar-refractivity contribution in [3.05, 3.63) is 119 Å². The Kier molecular flexibility index (Phi) is 10.9. The SMILES string of the molecule is CCCCCC1CCC(c2ccc(C(F)(F)Oc3ccc(-c4ccc(-c5cc(F)c(C=C(F)F)c(F)c5)c(F)c4)c(F)c3)c(F)c2)CC1. The van der Waals surface area contributed by atoms with Gasteiger partial charge in [0.2, 0.25) is 0 Å². The summed E-state index contributed by atoms with van der Waals surface area (Å²) >= 11 is 0. The van der Waals surface area contributed by atoms with Crippen LogP contribution in [0.3, 0.4) is 0 Å². The van der Waals surface area contributed by atoms with E-state index >= 15 is 22.0 Å². The van der Waals surface area contributed by atoms with Crippen molar-refractivity contribution in [3.63, 3.8) is 0 Å². The first kappa shape index (κ1) is 35.1. The summed E-state index contributed by atoms with van der Waals surface area (Å²) < 4.78 is 134. The molecule has 4 aromatic rings. The van der Waals surface area contributed by atoms with Gasteiger partial charge in [-0.25, -0.2) is 22.0 Å². The molecule has 0 radical (unpaired) electrons. The van der Waals surface area contributed by atoms with Crippen LogP contribution >= 0.6 is 0 Å². The largest absolute Gasteiger partial charge is 0.429 e. The fourth-order valence-corrected chi connectivity index (χ4v) is 6.39. The van der Waals surface area contributed by atoms with Crippen LogP contribution in [0.15, 0.2) is 72.8 Å². The van der Waals surface area contributed by atoms with E-state index in [4.69, 9.17) is 4.74 Å². The van der Waals surface area contributed by atoms with Crippen molar-refractivity contribution in [2.45, 2.75) is 70.3 Å². The minimum Gasteiger partial charge on any atom is -0.429 e. The molecule has 1 aliphatic carbocycles. The Morgan fingerprint density at radius 1 is 0.708 bits per heavy atom. The highest BCUT2D eigenvalue weighted by molar-refractivity contribution is 5.73. The number of hydrogen-bond donors (Lipinski definition) is 0. The topological polar surface area (TPSA) is 9.23 Å². The Hall–Kier alpha value is -4.21. The lowest BCUT2D eigenvalue weighted by Crippen LogP contribution is -2.24. The first-order valence-electron chi connectivity index (χ1n) is 15.8. The zero-order chi connectivity index (χ0) is 34.6. The second-order valence-corrected chi connectivity index (χ2v) is 12.2. The second kappa shape index (κ2) is 14.9. The summed E-state index contributed by atoms with van der Waals surface area (Å²) in [5.74, 6) is -5.76. The number of benzene rings is 4. The minimum absolute atomic E-state index is 0.00758. The predicted octanol–water partition coefficient (Wildman–Crippen LogP) is 12.9. The number of halogens is 9. The Morgan fingerprint density at radius 3 is 1.94 bits per heavy atom. The average Bonchev–Trinajstić information content (AvgIpc) is 3.03. The van der Waals surface area contributed by atoms with Gasteiger partial charge >= 0.3 is 6.11 Å². The maximum atomic E-state index is 15.1. The van der Waals surface area contributed by atoms with Crippen LogP contribution in [-0.4, -0.2) is 0 Å². The third-order valence-electron chi connectivity index (χ3n) is 8.95. The van der Waals surface area contributed by atoms with Gasteiger partial charge in [-0.2, -0.15) is 17.6 Å². The Balaban J connectivity index is 1.28. The zero-order valence-electron chi connectivity index (χ0n) is 26.0. The fraction of sp³-hybridized carbons (Fsp3) is 0.316. The first-order chi connectivity index (χ1) is 22.9. The van der Waals surface area contributed by atoms with E-state index in [1.165, 1.54) is 31.4 Å². The van der Waals surface area contributed by atoms with Crippen LogP contribution in [0, 0.1) is 35.0 Å². The monoisotopic (exact) mass is 676 g/mol. The van der Waals surface area contributed by atoms with Crippen LogP contribution in [0.2, 0.25) is 0 Å². The molecule has 0 atom stereocenters. The second-order valence-electron chi connectivity index (χ2n) is 12.2. The molecule has 0 saturated heterocycles. The minimum atomic E-state index is -4.13. The smallest absolute Gasteiger partial charge is 0.429 e. The van der Waals surface area contributed by atoms with E-state index in [1.807, 2.05) is 0 Å². The molecule has 0 aliphatic heterocycles. The molecular formula is C38H33F9O. The molecule has 0 N–H and O–H groups in total. The van der Waals surface area contributed by atoms with Crippen LogP contribution in [0.1, 0.15) is 80.9 Å². The number of alkyl halides is 2. The highest BCUT2D eigenvalue weighted by Gasteiger charge is 2.38. The molecule has 1 nitrogen and oxygen atoms in total. The Labute approximate surface area is 273 Å². The molecule has 1 aliphatic rings. The molecular weight excluding hydrogens is 643 g/mol. The number of ether oxygens (including phenoxy) is 1. The Morgan fingerprint density at radius 2 is 1.33 bits per heavy atom. The summed E-state index contributed by atoms with van der Waals surface area (Å²) in [5, 5.41) is 0. The molecule has 254 valence electrons. The lowest BCUT2D eigenvalue weighted by Gasteiger charge is -2.29. The number of unbranched alkanes of at least 4 members (excludes halogenated alkanes) is 2. The van der Waals surface area contributed by atoms with Gasteiger partial charge in [0.1, 0.15) is 34.8 Å². The van der Waals surface area contributed by atoms with Crippen molar-refractivity contribution < 1.29 is 44.3 Å². The molecule has 10 heteroatoms. The standard InChI is InChI=1S/C38H33F9O/c1-2-3-4-5-22-6-8-23(9-7-22)24-11-15-31(36(43)16-24)38(46,47)48-27-12-14-28(35(42)20-27)25-10-13-29(32(39)17-25)26-18-33(40)30(21-37(44)45)34(41)19-26/h10-23H,2-9H2,1H3. The lowest BCUT2D eigenvalue weighted by atomic mass is 9.77. The van der Waals surface area contributed by atoms with Crippen LogP contribution < -0.4 is 4.74 Å². The van der Waals surface area contributed by atoms with Crippen LogP contribution in [0.25, 0.3) is 28.3 Å². The predicted molar refractivity (Wildman–Crippen MR) is 167 cm³/mol. The zero-order valence-corrected chi connectivity index (χ0v) is 26.0. The van der Waals surface area contributed by atoms with Crippen molar-refractivity contribution in [2.24, 2.45) is 5.92 Å². The Bertz CT molecular complexity index is 1760. The third kappa shape index (κ3) is 8.08. The van der Waals surface area contributed by atoms with Gasteiger partial charge in [-0.1, -0.05) is 50.8 Å². The summed E-state index contributed by atoms with van der Waals surface area (Å²) in [6, 6.07) is 10.9. The molecule has 0 amide bonds. The molecule has 5 rings (SSSR count). The van der Waals surface area contributed by atoms with Crippen molar-refractivity contribution in [2.75, 3.05) is 0 Å². The molecule has 48 heavy (non-hydrogen) atoms. The van der Waals surface area contributed by atoms with Gasteiger partial charge in [-0.05, 0) is 96.7 Å². The molecule has 0 spiro atoms. The quantitative estimate of drug-likeness (QED) is 0.113.